The number of hydrogen-bond donors (Lipinski definition) is 3. The zero-order valence-corrected chi connectivity index (χ0v) is 17.1. The maximum Gasteiger partial charge on any atom is 0.250 e. The molecule has 1 aliphatic rings. The molecule has 0 saturated carbocycles. The van der Waals surface area contributed by atoms with Crippen LogP contribution in [0, 0.1) is 5.82 Å². The summed E-state index contributed by atoms with van der Waals surface area (Å²) in [5, 5.41) is 17.5. The van der Waals surface area contributed by atoms with Crippen LogP contribution < -0.4 is 15.6 Å². The predicted octanol–water partition coefficient (Wildman–Crippen LogP) is 3.40. The summed E-state index contributed by atoms with van der Waals surface area (Å²) in [7, 11) is 0. The molecule has 2 heterocycles. The largest absolute Gasteiger partial charge is 0.507 e. The second kappa shape index (κ2) is 9.54. The minimum atomic E-state index is -0.337. The van der Waals surface area contributed by atoms with Crippen molar-refractivity contribution in [2.75, 3.05) is 41.9 Å². The highest BCUT2D eigenvalue weighted by molar-refractivity contribution is 6.30. The minimum Gasteiger partial charge on any atom is -0.507 e. The molecule has 0 spiro atoms. The lowest BCUT2D eigenvalue weighted by Crippen LogP contribution is -2.37. The summed E-state index contributed by atoms with van der Waals surface area (Å²) in [5.41, 5.74) is 3.81. The van der Waals surface area contributed by atoms with Gasteiger partial charge in [-0.3, -0.25) is 0 Å². The van der Waals surface area contributed by atoms with E-state index in [1.165, 1.54) is 24.4 Å². The van der Waals surface area contributed by atoms with E-state index >= 15 is 0 Å². The maximum atomic E-state index is 13.2. The molecule has 2 aromatic carbocycles. The number of morpholine rings is 1. The van der Waals surface area contributed by atoms with Crippen LogP contribution in [0.15, 0.2) is 47.6 Å². The topological polar surface area (TPSA) is 108 Å². The number of nitrogens with one attached hydrogen (secondary N) is 2. The van der Waals surface area contributed by atoms with Crippen LogP contribution in [0.2, 0.25) is 5.02 Å². The van der Waals surface area contributed by atoms with Gasteiger partial charge in [0.2, 0.25) is 17.8 Å². The number of nitrogens with zero attached hydrogens (tertiary/aromatic N) is 5. The normalized spacial score (nSPS) is 14.1. The van der Waals surface area contributed by atoms with Crippen molar-refractivity contribution in [2.24, 2.45) is 5.10 Å². The van der Waals surface area contributed by atoms with Crippen molar-refractivity contribution in [1.82, 2.24) is 15.0 Å². The van der Waals surface area contributed by atoms with Gasteiger partial charge in [-0.25, -0.2) is 9.82 Å². The third-order valence-corrected chi connectivity index (χ3v) is 4.61. The fourth-order valence-corrected chi connectivity index (χ4v) is 3.01. The Morgan fingerprint density at radius 2 is 1.81 bits per heavy atom. The van der Waals surface area contributed by atoms with Gasteiger partial charge in [-0.1, -0.05) is 11.6 Å². The van der Waals surface area contributed by atoms with Gasteiger partial charge in [0, 0.05) is 29.4 Å². The van der Waals surface area contributed by atoms with Gasteiger partial charge in [-0.05, 0) is 42.5 Å². The van der Waals surface area contributed by atoms with Gasteiger partial charge < -0.3 is 20.1 Å². The molecule has 1 aliphatic heterocycles. The van der Waals surface area contributed by atoms with Gasteiger partial charge in [0.05, 0.1) is 19.4 Å². The van der Waals surface area contributed by atoms with Crippen LogP contribution >= 0.6 is 11.6 Å². The van der Waals surface area contributed by atoms with E-state index in [9.17, 15) is 9.50 Å². The zero-order valence-electron chi connectivity index (χ0n) is 16.3. The highest BCUT2D eigenvalue weighted by Crippen LogP contribution is 2.21. The third kappa shape index (κ3) is 5.56. The molecule has 1 saturated heterocycles. The quantitative estimate of drug-likeness (QED) is 0.393. The van der Waals surface area contributed by atoms with Crippen molar-refractivity contribution < 1.29 is 14.2 Å². The SMILES string of the molecule is Oc1ccc(Cl)cc1C=NNc1nc(Nc2ccc(F)cc2)nc(N2CCOCC2)n1. The zero-order chi connectivity index (χ0) is 21.6. The number of ether oxygens (including phenoxy) is 1. The minimum absolute atomic E-state index is 0.0401. The summed E-state index contributed by atoms with van der Waals surface area (Å²) in [4.78, 5) is 15.2. The van der Waals surface area contributed by atoms with Crippen molar-refractivity contribution in [1.29, 1.82) is 0 Å². The Bertz CT molecular complexity index is 1080. The Hall–Kier alpha value is -3.50. The van der Waals surface area contributed by atoms with Crippen molar-refractivity contribution in [2.45, 2.75) is 0 Å². The highest BCUT2D eigenvalue weighted by Gasteiger charge is 2.16. The standard InChI is InChI=1S/C20H19ClFN7O2/c21-14-1-6-17(30)13(11-14)12-23-28-19-25-18(24-16-4-2-15(22)3-5-16)26-20(27-19)29-7-9-31-10-8-29/h1-6,11-12,30H,7-10H2,(H2,24,25,26,27,28). The number of hydrazone groups is 1. The number of aromatic nitrogens is 3. The molecule has 9 nitrogen and oxygen atoms in total. The number of phenolic OH excluding ortho intramolecular Hbond substituents is 1. The molecule has 0 unspecified atom stereocenters. The van der Waals surface area contributed by atoms with E-state index in [1.807, 2.05) is 4.90 Å². The first-order valence-corrected chi connectivity index (χ1v) is 9.83. The Morgan fingerprint density at radius 1 is 1.06 bits per heavy atom. The molecule has 4 rings (SSSR count). The molecule has 1 aromatic heterocycles. The smallest absolute Gasteiger partial charge is 0.250 e. The summed E-state index contributed by atoms with van der Waals surface area (Å²) < 4.78 is 18.6. The lowest BCUT2D eigenvalue weighted by Gasteiger charge is -2.27. The van der Waals surface area contributed by atoms with Crippen molar-refractivity contribution >= 4 is 41.3 Å². The molecule has 11 heteroatoms. The van der Waals surface area contributed by atoms with Crippen LogP contribution in [-0.4, -0.2) is 52.6 Å². The lowest BCUT2D eigenvalue weighted by molar-refractivity contribution is 0.122. The molecular weight excluding hydrogens is 425 g/mol. The van der Waals surface area contributed by atoms with Gasteiger partial charge >= 0.3 is 0 Å². The maximum absolute atomic E-state index is 13.2. The van der Waals surface area contributed by atoms with Gasteiger partial charge in [-0.2, -0.15) is 20.1 Å². The first-order chi connectivity index (χ1) is 15.1. The van der Waals surface area contributed by atoms with Crippen LogP contribution in [0.1, 0.15) is 5.56 Å². The molecule has 0 aliphatic carbocycles. The molecule has 3 N–H and O–H groups in total. The van der Waals surface area contributed by atoms with Gasteiger partial charge in [0.25, 0.3) is 0 Å². The van der Waals surface area contributed by atoms with Crippen molar-refractivity contribution in [3.8, 4) is 5.75 Å². The number of hydrogen-bond acceptors (Lipinski definition) is 9. The van der Waals surface area contributed by atoms with E-state index in [1.54, 1.807) is 24.3 Å². The summed E-state index contributed by atoms with van der Waals surface area (Å²) in [5.74, 6) is 0.617. The second-order valence-corrected chi connectivity index (χ2v) is 7.02. The molecular formula is C20H19ClFN7O2. The third-order valence-electron chi connectivity index (χ3n) is 4.38. The fraction of sp³-hybridized carbons (Fsp3) is 0.200. The molecule has 0 bridgehead atoms. The average Bonchev–Trinajstić information content (AvgIpc) is 2.78. The average molecular weight is 444 g/mol. The van der Waals surface area contributed by atoms with Crippen molar-refractivity contribution in [3.63, 3.8) is 0 Å². The van der Waals surface area contributed by atoms with Crippen LogP contribution in [-0.2, 0) is 4.74 Å². The number of aromatic hydroxyl groups is 1. The molecule has 0 amide bonds. The van der Waals surface area contributed by atoms with Gasteiger partial charge in [0.1, 0.15) is 11.6 Å². The van der Waals surface area contributed by atoms with Crippen LogP contribution in [0.4, 0.5) is 27.9 Å². The van der Waals surface area contributed by atoms with Crippen molar-refractivity contribution in [3.05, 3.63) is 58.9 Å². The molecule has 0 atom stereocenters. The van der Waals surface area contributed by atoms with E-state index < -0.39 is 0 Å². The predicted molar refractivity (Wildman–Crippen MR) is 117 cm³/mol. The van der Waals surface area contributed by atoms with Crippen LogP contribution in [0.5, 0.6) is 5.75 Å². The molecule has 1 fully saturated rings. The Kier molecular flexibility index (Phi) is 6.39. The number of anilines is 4. The number of halogens is 2. The van der Waals surface area contributed by atoms with Crippen LogP contribution in [0.25, 0.3) is 0 Å². The van der Waals surface area contributed by atoms with Gasteiger partial charge in [-0.15, -0.1) is 0 Å². The first-order valence-electron chi connectivity index (χ1n) is 9.46. The van der Waals surface area contributed by atoms with E-state index in [-0.39, 0.29) is 23.5 Å². The summed E-state index contributed by atoms with van der Waals surface area (Å²) >= 11 is 5.95. The van der Waals surface area contributed by atoms with E-state index in [4.69, 9.17) is 16.3 Å². The number of rotatable bonds is 6. The molecule has 3 aromatic rings. The number of phenols is 1. The van der Waals surface area contributed by atoms with Gasteiger partial charge in [0.15, 0.2) is 0 Å². The summed E-state index contributed by atoms with van der Waals surface area (Å²) in [6.07, 6.45) is 1.41. The summed E-state index contributed by atoms with van der Waals surface area (Å²) in [6.45, 7) is 2.42. The monoisotopic (exact) mass is 443 g/mol. The fourth-order valence-electron chi connectivity index (χ4n) is 2.83. The van der Waals surface area contributed by atoms with E-state index in [0.29, 0.717) is 48.5 Å². The molecule has 160 valence electrons. The van der Waals surface area contributed by atoms with E-state index in [2.05, 4.69) is 30.8 Å². The highest BCUT2D eigenvalue weighted by atomic mass is 35.5. The lowest BCUT2D eigenvalue weighted by atomic mass is 10.2. The first kappa shape index (κ1) is 20.8. The second-order valence-electron chi connectivity index (χ2n) is 6.59. The van der Waals surface area contributed by atoms with Crippen LogP contribution in [0.3, 0.4) is 0 Å². The Morgan fingerprint density at radius 3 is 2.58 bits per heavy atom. The Balaban J connectivity index is 1.58. The van der Waals surface area contributed by atoms with E-state index in [0.717, 1.165) is 0 Å². The molecule has 0 radical (unpaired) electrons. The number of benzene rings is 2. The summed E-state index contributed by atoms with van der Waals surface area (Å²) in [6, 6.07) is 10.5. The Labute approximate surface area is 182 Å². The molecule has 31 heavy (non-hydrogen) atoms.